The molecule has 0 bridgehead atoms. The first-order valence-corrected chi connectivity index (χ1v) is 8.53. The highest BCUT2D eigenvalue weighted by atomic mass is 32.1. The molecule has 1 fully saturated rings. The highest BCUT2D eigenvalue weighted by Gasteiger charge is 2.23. The lowest BCUT2D eigenvalue weighted by molar-refractivity contribution is 0.268. The van der Waals surface area contributed by atoms with Gasteiger partial charge in [-0.25, -0.2) is 0 Å². The first-order valence-electron chi connectivity index (χ1n) is 7.31. The summed E-state index contributed by atoms with van der Waals surface area (Å²) in [5.41, 5.74) is 1.38. The van der Waals surface area contributed by atoms with Crippen molar-refractivity contribution in [3.05, 3.63) is 39.8 Å². The predicted molar refractivity (Wildman–Crippen MR) is 90.4 cm³/mol. The smallest absolute Gasteiger partial charge is 0.207 e. The molecule has 1 unspecified atom stereocenters. The minimum absolute atomic E-state index is 0.449. The van der Waals surface area contributed by atoms with Gasteiger partial charge in [0.1, 0.15) is 0 Å². The number of hydrogen-bond donors (Lipinski definition) is 1. The summed E-state index contributed by atoms with van der Waals surface area (Å²) in [4.78, 5) is 4.91. The van der Waals surface area contributed by atoms with Crippen LogP contribution in [0.15, 0.2) is 30.3 Å². The molecule has 2 heterocycles. The molecule has 4 nitrogen and oxygen atoms in total. The summed E-state index contributed by atoms with van der Waals surface area (Å²) in [5, 5.41) is 8.25. The van der Waals surface area contributed by atoms with Crippen molar-refractivity contribution in [3.8, 4) is 0 Å². The van der Waals surface area contributed by atoms with Crippen LogP contribution in [0.4, 0.5) is 5.13 Å². The third-order valence-electron chi connectivity index (χ3n) is 3.85. The second-order valence-corrected chi connectivity index (χ2v) is 7.16. The predicted octanol–water partition coefficient (Wildman–Crippen LogP) is 3.30. The van der Waals surface area contributed by atoms with Crippen LogP contribution in [-0.2, 0) is 6.54 Å². The Balaban J connectivity index is 1.68. The Morgan fingerprint density at radius 2 is 2.14 bits per heavy atom. The number of nitrogens with one attached hydrogen (secondary N) is 1. The molecule has 1 atom stereocenters. The number of H-pyrrole nitrogens is 1. The molecule has 2 aromatic rings. The fraction of sp³-hybridized carbons (Fsp3) is 0.467. The van der Waals surface area contributed by atoms with E-state index in [-0.39, 0.29) is 0 Å². The molecule has 6 heteroatoms. The van der Waals surface area contributed by atoms with Gasteiger partial charge in [-0.15, -0.1) is 5.10 Å². The molecule has 0 aliphatic carbocycles. The van der Waals surface area contributed by atoms with Crippen LogP contribution >= 0.6 is 23.6 Å². The zero-order valence-electron chi connectivity index (χ0n) is 12.2. The number of rotatable bonds is 3. The van der Waals surface area contributed by atoms with Crippen LogP contribution in [-0.4, -0.2) is 40.8 Å². The molecule has 0 spiro atoms. The molecule has 112 valence electrons. The van der Waals surface area contributed by atoms with Gasteiger partial charge in [0.15, 0.2) is 3.95 Å². The number of aromatic nitrogens is 2. The SMILES string of the molecule is CC1CN(Cc2ccccc2)CCCN1c1n[nH]c(=S)s1. The van der Waals surface area contributed by atoms with Gasteiger partial charge in [-0.2, -0.15) is 0 Å². The molecular weight excluding hydrogens is 300 g/mol. The molecule has 1 aromatic heterocycles. The Kier molecular flexibility index (Phi) is 4.67. The maximum atomic E-state index is 5.15. The highest BCUT2D eigenvalue weighted by Crippen LogP contribution is 2.23. The molecule has 3 rings (SSSR count). The average Bonchev–Trinajstić information content (AvgIpc) is 2.81. The maximum Gasteiger partial charge on any atom is 0.207 e. The van der Waals surface area contributed by atoms with Gasteiger partial charge < -0.3 is 4.90 Å². The van der Waals surface area contributed by atoms with Crippen molar-refractivity contribution in [2.24, 2.45) is 0 Å². The zero-order valence-corrected chi connectivity index (χ0v) is 13.8. The van der Waals surface area contributed by atoms with Gasteiger partial charge >= 0.3 is 0 Å². The van der Waals surface area contributed by atoms with E-state index in [0.29, 0.717) is 6.04 Å². The largest absolute Gasteiger partial charge is 0.343 e. The van der Waals surface area contributed by atoms with Crippen LogP contribution in [0.3, 0.4) is 0 Å². The molecule has 0 radical (unpaired) electrons. The third-order valence-corrected chi connectivity index (χ3v) is 4.98. The van der Waals surface area contributed by atoms with Crippen LogP contribution < -0.4 is 4.90 Å². The lowest BCUT2D eigenvalue weighted by Gasteiger charge is -2.28. The summed E-state index contributed by atoms with van der Waals surface area (Å²) in [7, 11) is 0. The van der Waals surface area contributed by atoms with Gasteiger partial charge in [-0.3, -0.25) is 10.00 Å². The highest BCUT2D eigenvalue weighted by molar-refractivity contribution is 7.73. The van der Waals surface area contributed by atoms with E-state index in [0.717, 1.165) is 41.7 Å². The van der Waals surface area contributed by atoms with Crippen molar-refractivity contribution in [2.45, 2.75) is 25.9 Å². The lowest BCUT2D eigenvalue weighted by atomic mass is 10.2. The second kappa shape index (κ2) is 6.68. The van der Waals surface area contributed by atoms with Crippen molar-refractivity contribution in [2.75, 3.05) is 24.5 Å². The van der Waals surface area contributed by atoms with Crippen molar-refractivity contribution < 1.29 is 0 Å². The minimum atomic E-state index is 0.449. The molecule has 0 amide bonds. The number of aromatic amines is 1. The normalized spacial score (nSPS) is 20.4. The van der Waals surface area contributed by atoms with Gasteiger partial charge in [-0.1, -0.05) is 41.7 Å². The van der Waals surface area contributed by atoms with E-state index in [9.17, 15) is 0 Å². The molecule has 1 saturated heterocycles. The first-order chi connectivity index (χ1) is 10.2. The fourth-order valence-corrected chi connectivity index (χ4v) is 3.87. The molecule has 1 aliphatic heterocycles. The molecule has 1 aliphatic rings. The van der Waals surface area contributed by atoms with Gasteiger partial charge in [0, 0.05) is 32.2 Å². The van der Waals surface area contributed by atoms with Crippen molar-refractivity contribution in [1.82, 2.24) is 15.1 Å². The first kappa shape index (κ1) is 14.7. The van der Waals surface area contributed by atoms with E-state index in [2.05, 4.69) is 57.3 Å². The van der Waals surface area contributed by atoms with Crippen LogP contribution in [0.25, 0.3) is 0 Å². The molecular formula is C15H20N4S2. The van der Waals surface area contributed by atoms with Crippen LogP contribution in [0.2, 0.25) is 0 Å². The third kappa shape index (κ3) is 3.70. The van der Waals surface area contributed by atoms with E-state index in [1.807, 2.05) is 0 Å². The Morgan fingerprint density at radius 3 is 2.86 bits per heavy atom. The van der Waals surface area contributed by atoms with Gasteiger partial charge in [0.25, 0.3) is 0 Å². The summed E-state index contributed by atoms with van der Waals surface area (Å²) in [6, 6.07) is 11.1. The van der Waals surface area contributed by atoms with Gasteiger partial charge in [0.2, 0.25) is 5.13 Å². The molecule has 0 saturated carbocycles. The number of nitrogens with zero attached hydrogens (tertiary/aromatic N) is 3. The number of anilines is 1. The summed E-state index contributed by atoms with van der Waals surface area (Å²) in [5.74, 6) is 0. The zero-order chi connectivity index (χ0) is 14.7. The lowest BCUT2D eigenvalue weighted by Crippen LogP contribution is -2.38. The Morgan fingerprint density at radius 1 is 1.33 bits per heavy atom. The standard InChI is InChI=1S/C15H20N4S2/c1-12-10-18(11-13-6-3-2-4-7-13)8-5-9-19(12)14-16-17-15(20)21-14/h2-4,6-7,12H,5,8-11H2,1H3,(H,17,20). The quantitative estimate of drug-likeness (QED) is 0.880. The van der Waals surface area contributed by atoms with Gasteiger partial charge in [-0.05, 0) is 31.1 Å². The van der Waals surface area contributed by atoms with Crippen molar-refractivity contribution in [3.63, 3.8) is 0 Å². The topological polar surface area (TPSA) is 35.2 Å². The second-order valence-electron chi connectivity index (χ2n) is 5.51. The maximum absolute atomic E-state index is 5.15. The Labute approximate surface area is 134 Å². The Bertz CT molecular complexity index is 622. The monoisotopic (exact) mass is 320 g/mol. The minimum Gasteiger partial charge on any atom is -0.343 e. The molecule has 21 heavy (non-hydrogen) atoms. The van der Waals surface area contributed by atoms with Crippen molar-refractivity contribution in [1.29, 1.82) is 0 Å². The number of hydrogen-bond acceptors (Lipinski definition) is 5. The van der Waals surface area contributed by atoms with Gasteiger partial charge in [0.05, 0.1) is 0 Å². The van der Waals surface area contributed by atoms with Crippen LogP contribution in [0, 0.1) is 3.95 Å². The molecule has 1 N–H and O–H groups in total. The van der Waals surface area contributed by atoms with E-state index in [1.54, 1.807) is 11.3 Å². The summed E-state index contributed by atoms with van der Waals surface area (Å²) in [6.45, 7) is 6.53. The Hall–Kier alpha value is -1.24. The van der Waals surface area contributed by atoms with E-state index >= 15 is 0 Å². The van der Waals surface area contributed by atoms with Crippen molar-refractivity contribution >= 4 is 28.7 Å². The van der Waals surface area contributed by atoms with Crippen LogP contribution in [0.1, 0.15) is 18.9 Å². The van der Waals surface area contributed by atoms with E-state index in [4.69, 9.17) is 12.2 Å². The molecule has 1 aromatic carbocycles. The van der Waals surface area contributed by atoms with E-state index < -0.39 is 0 Å². The summed E-state index contributed by atoms with van der Waals surface area (Å²) in [6.07, 6.45) is 1.16. The van der Waals surface area contributed by atoms with Crippen LogP contribution in [0.5, 0.6) is 0 Å². The summed E-state index contributed by atoms with van der Waals surface area (Å²) < 4.78 is 0.752. The number of benzene rings is 1. The fourth-order valence-electron chi connectivity index (χ4n) is 2.86. The van der Waals surface area contributed by atoms with E-state index in [1.165, 1.54) is 5.56 Å². The summed E-state index contributed by atoms with van der Waals surface area (Å²) >= 11 is 6.72. The average molecular weight is 320 g/mol.